The fourth-order valence-corrected chi connectivity index (χ4v) is 2.71. The Morgan fingerprint density at radius 2 is 1.95 bits per heavy atom. The van der Waals surface area contributed by atoms with Gasteiger partial charge in [0.1, 0.15) is 11.5 Å². The van der Waals surface area contributed by atoms with Crippen LogP contribution in [-0.4, -0.2) is 5.91 Å². The predicted octanol–water partition coefficient (Wildman–Crippen LogP) is 3.28. The minimum absolute atomic E-state index is 0.276. The average Bonchev–Trinajstić information content (AvgIpc) is 2.48. The van der Waals surface area contributed by atoms with Gasteiger partial charge in [0.2, 0.25) is 5.91 Å². The number of benzene rings is 1. The first kappa shape index (κ1) is 14.1. The largest absolute Gasteiger partial charge is 0.323 e. The second kappa shape index (κ2) is 5.75. The van der Waals surface area contributed by atoms with Crippen molar-refractivity contribution in [2.24, 2.45) is 5.41 Å². The third-order valence-electron chi connectivity index (χ3n) is 3.99. The van der Waals surface area contributed by atoms with Crippen LogP contribution in [0.1, 0.15) is 43.2 Å². The molecule has 1 fully saturated rings. The Balaban J connectivity index is 2.26. The van der Waals surface area contributed by atoms with Crippen molar-refractivity contribution in [3.63, 3.8) is 0 Å². The molecular formula is C16H17N3O. The van der Waals surface area contributed by atoms with Gasteiger partial charge in [0.15, 0.2) is 0 Å². The van der Waals surface area contributed by atoms with Gasteiger partial charge in [0.25, 0.3) is 0 Å². The second-order valence-corrected chi connectivity index (χ2v) is 5.32. The van der Waals surface area contributed by atoms with Crippen molar-refractivity contribution < 1.29 is 4.79 Å². The van der Waals surface area contributed by atoms with Gasteiger partial charge < -0.3 is 5.32 Å². The summed E-state index contributed by atoms with van der Waals surface area (Å²) in [4.78, 5) is 12.5. The lowest BCUT2D eigenvalue weighted by Gasteiger charge is -2.29. The quantitative estimate of drug-likeness (QED) is 0.893. The van der Waals surface area contributed by atoms with Crippen LogP contribution in [0.3, 0.4) is 0 Å². The van der Waals surface area contributed by atoms with Crippen molar-refractivity contribution in [1.82, 2.24) is 0 Å². The highest BCUT2D eigenvalue weighted by Gasteiger charge is 2.40. The Morgan fingerprint density at radius 3 is 2.55 bits per heavy atom. The number of carbonyl (C=O) groups is 1. The van der Waals surface area contributed by atoms with E-state index in [1.807, 2.05) is 13.0 Å². The van der Waals surface area contributed by atoms with E-state index in [1.165, 1.54) is 0 Å². The predicted molar refractivity (Wildman–Crippen MR) is 75.7 cm³/mol. The highest BCUT2D eigenvalue weighted by Crippen LogP contribution is 2.37. The molecule has 20 heavy (non-hydrogen) atoms. The van der Waals surface area contributed by atoms with Gasteiger partial charge in [-0.2, -0.15) is 10.5 Å². The topological polar surface area (TPSA) is 76.7 Å². The summed E-state index contributed by atoms with van der Waals surface area (Å²) in [6, 6.07) is 9.63. The third kappa shape index (κ3) is 2.51. The number of hydrogen-bond donors (Lipinski definition) is 1. The first-order chi connectivity index (χ1) is 9.63. The van der Waals surface area contributed by atoms with Crippen molar-refractivity contribution in [3.8, 4) is 12.1 Å². The fraction of sp³-hybridized carbons (Fsp3) is 0.438. The van der Waals surface area contributed by atoms with Gasteiger partial charge in [-0.3, -0.25) is 4.79 Å². The number of carbonyl (C=O) groups excluding carboxylic acids is 1. The van der Waals surface area contributed by atoms with E-state index in [9.17, 15) is 15.3 Å². The summed E-state index contributed by atoms with van der Waals surface area (Å²) in [6.45, 7) is 1.83. The van der Waals surface area contributed by atoms with Crippen molar-refractivity contribution in [2.45, 2.75) is 39.0 Å². The Labute approximate surface area is 119 Å². The molecule has 102 valence electrons. The number of nitrogens with zero attached hydrogens (tertiary/aromatic N) is 2. The van der Waals surface area contributed by atoms with Gasteiger partial charge in [-0.05, 0) is 31.4 Å². The first-order valence-corrected chi connectivity index (χ1v) is 6.85. The molecule has 0 atom stereocenters. The van der Waals surface area contributed by atoms with Crippen molar-refractivity contribution in [2.75, 3.05) is 5.32 Å². The summed E-state index contributed by atoms with van der Waals surface area (Å²) in [7, 11) is 0. The van der Waals surface area contributed by atoms with E-state index in [-0.39, 0.29) is 5.91 Å². The number of nitrogens with one attached hydrogen (secondary N) is 1. The van der Waals surface area contributed by atoms with E-state index in [0.717, 1.165) is 24.8 Å². The molecule has 1 aliphatic rings. The number of amides is 1. The summed E-state index contributed by atoms with van der Waals surface area (Å²) in [5.41, 5.74) is 0.844. The zero-order valence-corrected chi connectivity index (χ0v) is 11.6. The van der Waals surface area contributed by atoms with E-state index in [0.29, 0.717) is 24.1 Å². The smallest absolute Gasteiger partial charge is 0.244 e. The Kier molecular flexibility index (Phi) is 4.05. The van der Waals surface area contributed by atoms with Gasteiger partial charge in [-0.1, -0.05) is 31.4 Å². The second-order valence-electron chi connectivity index (χ2n) is 5.32. The van der Waals surface area contributed by atoms with Gasteiger partial charge in [0, 0.05) is 0 Å². The molecule has 1 saturated carbocycles. The average molecular weight is 267 g/mol. The van der Waals surface area contributed by atoms with E-state index in [2.05, 4.69) is 17.5 Å². The van der Waals surface area contributed by atoms with Crippen LogP contribution in [0.4, 0.5) is 5.69 Å². The van der Waals surface area contributed by atoms with Crippen LogP contribution in [-0.2, 0) is 4.79 Å². The summed E-state index contributed by atoms with van der Waals surface area (Å²) < 4.78 is 0. The molecule has 0 spiro atoms. The van der Waals surface area contributed by atoms with Crippen LogP contribution in [0.15, 0.2) is 18.2 Å². The molecular weight excluding hydrogens is 250 g/mol. The molecule has 1 amide bonds. The van der Waals surface area contributed by atoms with Gasteiger partial charge >= 0.3 is 0 Å². The van der Waals surface area contributed by atoms with Crippen molar-refractivity contribution in [3.05, 3.63) is 29.3 Å². The lowest BCUT2D eigenvalue weighted by atomic mass is 9.74. The van der Waals surface area contributed by atoms with Crippen LogP contribution in [0, 0.1) is 35.0 Å². The summed E-state index contributed by atoms with van der Waals surface area (Å²) >= 11 is 0. The zero-order chi connectivity index (χ0) is 14.6. The maximum atomic E-state index is 12.5. The van der Waals surface area contributed by atoms with Crippen molar-refractivity contribution >= 4 is 11.6 Å². The molecule has 0 unspecified atom stereocenters. The Morgan fingerprint density at radius 1 is 1.25 bits per heavy atom. The molecule has 1 aliphatic carbocycles. The minimum Gasteiger partial charge on any atom is -0.323 e. The highest BCUT2D eigenvalue weighted by atomic mass is 16.2. The third-order valence-corrected chi connectivity index (χ3v) is 3.99. The Bertz CT molecular complexity index is 601. The van der Waals surface area contributed by atoms with E-state index < -0.39 is 5.41 Å². The number of hydrogen-bond acceptors (Lipinski definition) is 3. The summed E-state index contributed by atoms with van der Waals surface area (Å²) in [5.74, 6) is -0.276. The summed E-state index contributed by atoms with van der Waals surface area (Å²) in [6.07, 6.45) is 4.08. The van der Waals surface area contributed by atoms with Crippen LogP contribution in [0.25, 0.3) is 0 Å². The van der Waals surface area contributed by atoms with Crippen LogP contribution < -0.4 is 5.32 Å². The van der Waals surface area contributed by atoms with Crippen molar-refractivity contribution in [1.29, 1.82) is 10.5 Å². The molecule has 0 aliphatic heterocycles. The molecule has 0 saturated heterocycles. The molecule has 0 aromatic heterocycles. The molecule has 0 radical (unpaired) electrons. The summed E-state index contributed by atoms with van der Waals surface area (Å²) in [5, 5.41) is 21.4. The van der Waals surface area contributed by atoms with Crippen LogP contribution >= 0.6 is 0 Å². The number of aryl methyl sites for hydroxylation is 1. The molecule has 1 aromatic rings. The molecule has 4 nitrogen and oxygen atoms in total. The zero-order valence-electron chi connectivity index (χ0n) is 11.6. The number of nitriles is 2. The Hall–Kier alpha value is -2.33. The first-order valence-electron chi connectivity index (χ1n) is 6.85. The SMILES string of the molecule is Cc1cccc(NC(=O)C2(C#N)CCCCC2)c1C#N. The number of anilines is 1. The van der Waals surface area contributed by atoms with Crippen LogP contribution in [0.5, 0.6) is 0 Å². The molecule has 1 N–H and O–H groups in total. The van der Waals surface area contributed by atoms with Crippen LogP contribution in [0.2, 0.25) is 0 Å². The van der Waals surface area contributed by atoms with E-state index >= 15 is 0 Å². The number of rotatable bonds is 2. The van der Waals surface area contributed by atoms with Gasteiger partial charge in [0.05, 0.1) is 17.3 Å². The molecule has 1 aromatic carbocycles. The van der Waals surface area contributed by atoms with Gasteiger partial charge in [-0.15, -0.1) is 0 Å². The molecule has 0 bridgehead atoms. The van der Waals surface area contributed by atoms with E-state index in [1.54, 1.807) is 12.1 Å². The molecule has 2 rings (SSSR count). The lowest BCUT2D eigenvalue weighted by molar-refractivity contribution is -0.124. The lowest BCUT2D eigenvalue weighted by Crippen LogP contribution is -2.37. The maximum Gasteiger partial charge on any atom is 0.244 e. The standard InChI is InChI=1S/C16H17N3O/c1-12-6-5-7-14(13(12)10-17)19-15(20)16(11-18)8-3-2-4-9-16/h5-7H,2-4,8-9H2,1H3,(H,19,20). The minimum atomic E-state index is -0.936. The fourth-order valence-electron chi connectivity index (χ4n) is 2.71. The van der Waals surface area contributed by atoms with E-state index in [4.69, 9.17) is 0 Å². The molecule has 0 heterocycles. The highest BCUT2D eigenvalue weighted by molar-refractivity contribution is 5.98. The van der Waals surface area contributed by atoms with Gasteiger partial charge in [-0.25, -0.2) is 0 Å². The maximum absolute atomic E-state index is 12.5. The normalized spacial score (nSPS) is 16.8. The monoisotopic (exact) mass is 267 g/mol. The molecule has 4 heteroatoms.